The lowest BCUT2D eigenvalue weighted by Gasteiger charge is -2.38. The summed E-state index contributed by atoms with van der Waals surface area (Å²) in [7, 11) is 0. The Hall–Kier alpha value is -2.54. The van der Waals surface area contributed by atoms with E-state index in [-0.39, 0.29) is 16.8 Å². The van der Waals surface area contributed by atoms with Crippen LogP contribution in [0.15, 0.2) is 45.5 Å². The molecule has 2 unspecified atom stereocenters. The maximum Gasteiger partial charge on any atom is 0.257 e. The molecule has 1 aliphatic carbocycles. The van der Waals surface area contributed by atoms with Crippen molar-refractivity contribution in [1.82, 2.24) is 9.97 Å². The number of allylic oxidation sites excluding steroid dienone is 2. The van der Waals surface area contributed by atoms with E-state index in [9.17, 15) is 9.59 Å². The van der Waals surface area contributed by atoms with Gasteiger partial charge in [0.05, 0.1) is 5.56 Å². The van der Waals surface area contributed by atoms with Crippen LogP contribution < -0.4 is 15.8 Å². The quantitative estimate of drug-likeness (QED) is 0.391. The Labute approximate surface area is 206 Å². The molecule has 34 heavy (non-hydrogen) atoms. The van der Waals surface area contributed by atoms with E-state index in [2.05, 4.69) is 81.0 Å². The number of Topliss-reactive ketones (excluding diaryl/α,β-unsaturated/α-hetero) is 1. The molecule has 1 aliphatic heterocycles. The third kappa shape index (κ3) is 4.67. The molecule has 0 radical (unpaired) electrons. The minimum Gasteiger partial charge on any atom is -0.372 e. The molecule has 2 N–H and O–H groups in total. The van der Waals surface area contributed by atoms with Crippen molar-refractivity contribution >= 4 is 29.1 Å². The van der Waals surface area contributed by atoms with Crippen molar-refractivity contribution in [2.75, 3.05) is 23.3 Å². The summed E-state index contributed by atoms with van der Waals surface area (Å²) in [5.74, 6) is 0.274. The average Bonchev–Trinajstić information content (AvgIpc) is 2.78. The number of fused-ring (bicyclic) bond motifs is 1. The zero-order chi connectivity index (χ0) is 24.6. The van der Waals surface area contributed by atoms with E-state index in [1.807, 2.05) is 0 Å². The Bertz CT molecular complexity index is 1160. The second-order valence-corrected chi connectivity index (χ2v) is 11.6. The number of aromatic amines is 1. The van der Waals surface area contributed by atoms with Crippen molar-refractivity contribution in [3.63, 3.8) is 0 Å². The molecule has 2 aromatic rings. The summed E-state index contributed by atoms with van der Waals surface area (Å²) in [6, 6.07) is 8.31. The van der Waals surface area contributed by atoms with Gasteiger partial charge in [-0.1, -0.05) is 51.6 Å². The molecule has 2 atom stereocenters. The largest absolute Gasteiger partial charge is 0.372 e. The number of H-pyrrole nitrogens is 1. The van der Waals surface area contributed by atoms with E-state index in [1.54, 1.807) is 11.8 Å². The summed E-state index contributed by atoms with van der Waals surface area (Å²) < 4.78 is 0. The summed E-state index contributed by atoms with van der Waals surface area (Å²) in [6.45, 7) is 14.6. The van der Waals surface area contributed by atoms with Crippen molar-refractivity contribution in [3.8, 4) is 0 Å². The molecule has 4 rings (SSSR count). The summed E-state index contributed by atoms with van der Waals surface area (Å²) in [5.41, 5.74) is 3.95. The van der Waals surface area contributed by atoms with Crippen LogP contribution in [0.25, 0.3) is 0 Å². The molecule has 2 aliphatic rings. The monoisotopic (exact) mass is 480 g/mol. The van der Waals surface area contributed by atoms with Crippen molar-refractivity contribution in [2.24, 2.45) is 5.41 Å². The van der Waals surface area contributed by atoms with Crippen LogP contribution >= 0.6 is 11.8 Å². The molecule has 0 bridgehead atoms. The maximum absolute atomic E-state index is 13.4. The van der Waals surface area contributed by atoms with Gasteiger partial charge in [0, 0.05) is 47.6 Å². The summed E-state index contributed by atoms with van der Waals surface area (Å²) in [5, 5.41) is 4.37. The number of nitrogens with one attached hydrogen (secondary N) is 2. The number of hydrogen-bond donors (Lipinski definition) is 2. The molecule has 0 fully saturated rings. The average molecular weight is 481 g/mol. The van der Waals surface area contributed by atoms with Gasteiger partial charge in [0.25, 0.3) is 5.56 Å². The van der Waals surface area contributed by atoms with E-state index in [1.165, 1.54) is 0 Å². The van der Waals surface area contributed by atoms with Gasteiger partial charge in [-0.25, -0.2) is 4.98 Å². The van der Waals surface area contributed by atoms with Crippen molar-refractivity contribution in [2.45, 2.75) is 77.1 Å². The molecule has 0 saturated carbocycles. The summed E-state index contributed by atoms with van der Waals surface area (Å²) >= 11 is 1.57. The van der Waals surface area contributed by atoms with Gasteiger partial charge in [0.15, 0.2) is 10.9 Å². The first-order chi connectivity index (χ1) is 16.2. The zero-order valence-electron chi connectivity index (χ0n) is 21.1. The Morgan fingerprint density at radius 1 is 1.12 bits per heavy atom. The predicted molar refractivity (Wildman–Crippen MR) is 141 cm³/mol. The summed E-state index contributed by atoms with van der Waals surface area (Å²) in [4.78, 5) is 36.9. The number of rotatable bonds is 7. The maximum atomic E-state index is 13.4. The second-order valence-electron chi connectivity index (χ2n) is 10.1. The highest BCUT2D eigenvalue weighted by molar-refractivity contribution is 7.99. The standard InChI is InChI=1S/C27H36N4O2S/c1-7-16(4)34-26-29-24-23(25(33)30-26)21(17-10-12-18(13-11-17)31(8-2)9-3)22-19(28-24)14-27(5,6)15-20(22)32/h10-13,16,21H,7-9,14-15H2,1-6H3,(H2,28,29,30,33). The molecule has 1 aromatic carbocycles. The Morgan fingerprint density at radius 3 is 2.41 bits per heavy atom. The highest BCUT2D eigenvalue weighted by Gasteiger charge is 2.42. The Balaban J connectivity index is 1.85. The Kier molecular flexibility index (Phi) is 6.94. The molecule has 6 nitrogen and oxygen atoms in total. The van der Waals surface area contributed by atoms with E-state index in [4.69, 9.17) is 4.98 Å². The lowest BCUT2D eigenvalue weighted by molar-refractivity contribution is -0.118. The lowest BCUT2D eigenvalue weighted by atomic mass is 9.69. The van der Waals surface area contributed by atoms with Crippen LogP contribution in [0, 0.1) is 5.41 Å². The molecule has 0 spiro atoms. The van der Waals surface area contributed by atoms with E-state index in [0.717, 1.165) is 48.5 Å². The number of ketones is 1. The minimum atomic E-state index is -0.417. The SMILES string of the molecule is CCC(C)Sc1nc2c(c(=O)[nH]1)C(c1ccc(N(CC)CC)cc1)C1=C(CC(C)(C)CC1=O)N2. The van der Waals surface area contributed by atoms with Crippen LogP contribution in [0.4, 0.5) is 11.5 Å². The Morgan fingerprint density at radius 2 is 1.79 bits per heavy atom. The fourth-order valence-corrected chi connectivity index (χ4v) is 5.87. The van der Waals surface area contributed by atoms with Gasteiger partial charge < -0.3 is 15.2 Å². The molecule has 182 valence electrons. The number of thioether (sulfide) groups is 1. The number of aromatic nitrogens is 2. The van der Waals surface area contributed by atoms with Gasteiger partial charge in [-0.05, 0) is 49.8 Å². The highest BCUT2D eigenvalue weighted by Crippen LogP contribution is 2.47. The molecule has 0 saturated heterocycles. The first-order valence-corrected chi connectivity index (χ1v) is 13.2. The van der Waals surface area contributed by atoms with Crippen LogP contribution in [0.3, 0.4) is 0 Å². The zero-order valence-corrected chi connectivity index (χ0v) is 21.9. The van der Waals surface area contributed by atoms with E-state index >= 15 is 0 Å². The predicted octanol–water partition coefficient (Wildman–Crippen LogP) is 5.71. The number of carbonyl (C=O) groups excluding carboxylic acids is 1. The van der Waals surface area contributed by atoms with Gasteiger partial charge in [-0.3, -0.25) is 9.59 Å². The third-order valence-electron chi connectivity index (χ3n) is 6.94. The first kappa shape index (κ1) is 24.6. The normalized spacial score (nSPS) is 19.8. The molecule has 0 amide bonds. The fraction of sp³-hybridized carbons (Fsp3) is 0.519. The number of benzene rings is 1. The number of hydrogen-bond acceptors (Lipinski definition) is 6. The fourth-order valence-electron chi connectivity index (χ4n) is 5.02. The second kappa shape index (κ2) is 9.61. The molecule has 7 heteroatoms. The van der Waals surface area contributed by atoms with Gasteiger partial charge in [0.1, 0.15) is 5.82 Å². The van der Waals surface area contributed by atoms with Crippen molar-refractivity contribution < 1.29 is 4.79 Å². The van der Waals surface area contributed by atoms with Crippen LogP contribution in [-0.4, -0.2) is 34.1 Å². The highest BCUT2D eigenvalue weighted by atomic mass is 32.2. The number of carbonyl (C=O) groups is 1. The lowest BCUT2D eigenvalue weighted by Crippen LogP contribution is -2.37. The van der Waals surface area contributed by atoms with Gasteiger partial charge >= 0.3 is 0 Å². The van der Waals surface area contributed by atoms with Crippen molar-refractivity contribution in [3.05, 3.63) is 57.0 Å². The topological polar surface area (TPSA) is 78.1 Å². The third-order valence-corrected chi connectivity index (χ3v) is 8.10. The molecular weight excluding hydrogens is 444 g/mol. The van der Waals surface area contributed by atoms with Crippen LogP contribution in [0.2, 0.25) is 0 Å². The molecular formula is C27H36N4O2S. The van der Waals surface area contributed by atoms with E-state index < -0.39 is 5.92 Å². The smallest absolute Gasteiger partial charge is 0.257 e. The summed E-state index contributed by atoms with van der Waals surface area (Å²) in [6.07, 6.45) is 2.21. The van der Waals surface area contributed by atoms with E-state index in [0.29, 0.717) is 28.2 Å². The van der Waals surface area contributed by atoms with Crippen molar-refractivity contribution in [1.29, 1.82) is 0 Å². The van der Waals surface area contributed by atoms with Crippen LogP contribution in [0.1, 0.15) is 77.8 Å². The van der Waals surface area contributed by atoms with Gasteiger partial charge in [0.2, 0.25) is 0 Å². The molecule has 2 heterocycles. The first-order valence-electron chi connectivity index (χ1n) is 12.4. The van der Waals surface area contributed by atoms with Crippen LogP contribution in [-0.2, 0) is 4.79 Å². The van der Waals surface area contributed by atoms with Gasteiger partial charge in [-0.15, -0.1) is 0 Å². The van der Waals surface area contributed by atoms with Crippen LogP contribution in [0.5, 0.6) is 0 Å². The molecule has 1 aromatic heterocycles. The number of nitrogens with zero attached hydrogens (tertiary/aromatic N) is 2. The van der Waals surface area contributed by atoms with Gasteiger partial charge in [-0.2, -0.15) is 0 Å². The minimum absolute atomic E-state index is 0.111. The number of anilines is 2.